The molecular weight excluding hydrogens is 268 g/mol. The van der Waals surface area contributed by atoms with Crippen LogP contribution in [0.4, 0.5) is 5.69 Å². The molecule has 0 saturated carbocycles. The van der Waals surface area contributed by atoms with Gasteiger partial charge >= 0.3 is 0 Å². The normalized spacial score (nSPS) is 10.2. The Balaban J connectivity index is 2.27. The van der Waals surface area contributed by atoms with Crippen molar-refractivity contribution >= 4 is 17.3 Å². The monoisotopic (exact) mass is 278 g/mol. The molecular formula is C13H11ClN2O3. The lowest BCUT2D eigenvalue weighted by molar-refractivity contribution is -0.385. The van der Waals surface area contributed by atoms with Gasteiger partial charge in [-0.1, -0.05) is 12.1 Å². The molecule has 0 fully saturated rings. The molecule has 1 aromatic carbocycles. The molecule has 6 heteroatoms. The van der Waals surface area contributed by atoms with Crippen LogP contribution in [0.5, 0.6) is 11.6 Å². The van der Waals surface area contributed by atoms with Crippen molar-refractivity contribution in [3.8, 4) is 11.6 Å². The number of hydrogen-bond donors (Lipinski definition) is 0. The van der Waals surface area contributed by atoms with Crippen LogP contribution in [0.1, 0.15) is 11.1 Å². The fourth-order valence-corrected chi connectivity index (χ4v) is 1.73. The summed E-state index contributed by atoms with van der Waals surface area (Å²) in [6.45, 7) is 1.64. The van der Waals surface area contributed by atoms with Gasteiger partial charge in [-0.2, -0.15) is 0 Å². The van der Waals surface area contributed by atoms with Crippen LogP contribution >= 0.6 is 11.6 Å². The highest BCUT2D eigenvalue weighted by Crippen LogP contribution is 2.30. The van der Waals surface area contributed by atoms with Crippen LogP contribution in [-0.4, -0.2) is 9.91 Å². The van der Waals surface area contributed by atoms with E-state index >= 15 is 0 Å². The van der Waals surface area contributed by atoms with E-state index in [1.807, 2.05) is 0 Å². The number of nitro groups is 1. The molecule has 0 bridgehead atoms. The summed E-state index contributed by atoms with van der Waals surface area (Å²) in [7, 11) is 0. The fourth-order valence-electron chi connectivity index (χ4n) is 1.57. The van der Waals surface area contributed by atoms with Gasteiger partial charge in [-0.05, 0) is 18.6 Å². The van der Waals surface area contributed by atoms with E-state index in [-0.39, 0.29) is 5.69 Å². The van der Waals surface area contributed by atoms with Crippen LogP contribution in [0.15, 0.2) is 36.5 Å². The van der Waals surface area contributed by atoms with Crippen molar-refractivity contribution in [3.63, 3.8) is 0 Å². The zero-order valence-electron chi connectivity index (χ0n) is 10.2. The first-order chi connectivity index (χ1) is 9.11. The van der Waals surface area contributed by atoms with E-state index in [9.17, 15) is 10.1 Å². The van der Waals surface area contributed by atoms with Crippen LogP contribution in [-0.2, 0) is 5.88 Å². The quantitative estimate of drug-likeness (QED) is 0.484. The second-order valence-corrected chi connectivity index (χ2v) is 4.17. The minimum atomic E-state index is -0.438. The molecule has 0 aliphatic carbocycles. The van der Waals surface area contributed by atoms with E-state index in [0.717, 1.165) is 5.56 Å². The number of aromatic nitrogens is 1. The third-order valence-electron chi connectivity index (χ3n) is 2.62. The molecule has 98 valence electrons. The minimum Gasteiger partial charge on any atom is -0.439 e. The van der Waals surface area contributed by atoms with Crippen molar-refractivity contribution in [2.45, 2.75) is 12.8 Å². The molecule has 5 nitrogen and oxygen atoms in total. The predicted octanol–water partition coefficient (Wildman–Crippen LogP) is 3.83. The maximum absolute atomic E-state index is 10.8. The molecule has 1 heterocycles. The zero-order valence-corrected chi connectivity index (χ0v) is 10.9. The van der Waals surface area contributed by atoms with E-state index in [1.54, 1.807) is 37.4 Å². The van der Waals surface area contributed by atoms with Gasteiger partial charge < -0.3 is 4.74 Å². The number of halogens is 1. The summed E-state index contributed by atoms with van der Waals surface area (Å²) >= 11 is 5.66. The highest BCUT2D eigenvalue weighted by atomic mass is 35.5. The van der Waals surface area contributed by atoms with Crippen LogP contribution in [0, 0.1) is 17.0 Å². The summed E-state index contributed by atoms with van der Waals surface area (Å²) in [5.41, 5.74) is 1.37. The molecule has 2 rings (SSSR count). The van der Waals surface area contributed by atoms with E-state index in [2.05, 4.69) is 4.98 Å². The molecule has 0 spiro atoms. The maximum Gasteiger partial charge on any atom is 0.276 e. The molecule has 0 aliphatic heterocycles. The Morgan fingerprint density at radius 2 is 2.16 bits per heavy atom. The Kier molecular flexibility index (Phi) is 3.97. The van der Waals surface area contributed by atoms with Crippen LogP contribution in [0.25, 0.3) is 0 Å². The fraction of sp³-hybridized carbons (Fsp3) is 0.154. The Labute approximate surface area is 115 Å². The number of nitrogens with zero attached hydrogens (tertiary/aromatic N) is 2. The van der Waals surface area contributed by atoms with Gasteiger partial charge in [0.25, 0.3) is 5.69 Å². The van der Waals surface area contributed by atoms with Gasteiger partial charge in [0.1, 0.15) is 5.75 Å². The average Bonchev–Trinajstić information content (AvgIpc) is 2.41. The first-order valence-electron chi connectivity index (χ1n) is 5.54. The van der Waals surface area contributed by atoms with Gasteiger partial charge in [0.15, 0.2) is 0 Å². The van der Waals surface area contributed by atoms with Crippen molar-refractivity contribution in [2.24, 2.45) is 0 Å². The summed E-state index contributed by atoms with van der Waals surface area (Å²) in [5.74, 6) is 1.17. The first-order valence-corrected chi connectivity index (χ1v) is 6.08. The lowest BCUT2D eigenvalue weighted by atomic mass is 10.2. The van der Waals surface area contributed by atoms with Gasteiger partial charge in [0, 0.05) is 24.2 Å². The standard InChI is InChI=1S/C13H11ClN2O3/c1-9-11(16(17)18)3-2-4-12(9)19-13-6-5-10(7-14)8-15-13/h2-6,8H,7H2,1H3. The molecule has 0 atom stereocenters. The van der Waals surface area contributed by atoms with Gasteiger partial charge in [0.05, 0.1) is 10.5 Å². The Morgan fingerprint density at radius 1 is 1.37 bits per heavy atom. The molecule has 19 heavy (non-hydrogen) atoms. The number of alkyl halides is 1. The SMILES string of the molecule is Cc1c(Oc2ccc(CCl)cn2)cccc1[N+](=O)[O-]. The summed E-state index contributed by atoms with van der Waals surface area (Å²) in [6.07, 6.45) is 1.61. The molecule has 0 amide bonds. The summed E-state index contributed by atoms with van der Waals surface area (Å²) in [4.78, 5) is 14.5. The average molecular weight is 279 g/mol. The number of ether oxygens (including phenoxy) is 1. The molecule has 0 unspecified atom stereocenters. The molecule has 0 aliphatic rings. The van der Waals surface area contributed by atoms with Gasteiger partial charge in [-0.3, -0.25) is 10.1 Å². The minimum absolute atomic E-state index is 0.0230. The van der Waals surface area contributed by atoms with Gasteiger partial charge in [-0.15, -0.1) is 11.6 Å². The molecule has 0 radical (unpaired) electrons. The third kappa shape index (κ3) is 3.00. The molecule has 0 saturated heterocycles. The first kappa shape index (κ1) is 13.3. The number of pyridine rings is 1. The Bertz CT molecular complexity index is 599. The van der Waals surface area contributed by atoms with Crippen LogP contribution < -0.4 is 4.74 Å². The number of hydrogen-bond acceptors (Lipinski definition) is 4. The van der Waals surface area contributed by atoms with Gasteiger partial charge in [0.2, 0.25) is 5.88 Å². The highest BCUT2D eigenvalue weighted by molar-refractivity contribution is 6.17. The van der Waals surface area contributed by atoms with E-state index in [1.165, 1.54) is 6.07 Å². The largest absolute Gasteiger partial charge is 0.439 e. The summed E-state index contributed by atoms with van der Waals surface area (Å²) < 4.78 is 5.54. The lowest BCUT2D eigenvalue weighted by Crippen LogP contribution is -1.95. The second-order valence-electron chi connectivity index (χ2n) is 3.90. The zero-order chi connectivity index (χ0) is 13.8. The number of nitro benzene ring substituents is 1. The number of benzene rings is 1. The highest BCUT2D eigenvalue weighted by Gasteiger charge is 2.14. The van der Waals surface area contributed by atoms with Crippen molar-refractivity contribution in [1.29, 1.82) is 0 Å². The van der Waals surface area contributed by atoms with Crippen molar-refractivity contribution in [1.82, 2.24) is 4.98 Å². The lowest BCUT2D eigenvalue weighted by Gasteiger charge is -2.08. The Hall–Kier alpha value is -2.14. The summed E-state index contributed by atoms with van der Waals surface area (Å²) in [6, 6.07) is 8.15. The van der Waals surface area contributed by atoms with Crippen LogP contribution in [0.3, 0.4) is 0 Å². The smallest absolute Gasteiger partial charge is 0.276 e. The topological polar surface area (TPSA) is 65.3 Å². The summed E-state index contributed by atoms with van der Waals surface area (Å²) in [5, 5.41) is 10.8. The Morgan fingerprint density at radius 3 is 2.74 bits per heavy atom. The molecule has 0 N–H and O–H groups in total. The van der Waals surface area contributed by atoms with E-state index < -0.39 is 4.92 Å². The van der Waals surface area contributed by atoms with Gasteiger partial charge in [-0.25, -0.2) is 4.98 Å². The maximum atomic E-state index is 10.8. The van der Waals surface area contributed by atoms with Crippen molar-refractivity contribution < 1.29 is 9.66 Å². The number of rotatable bonds is 4. The molecule has 2 aromatic rings. The molecule has 1 aromatic heterocycles. The van der Waals surface area contributed by atoms with E-state index in [0.29, 0.717) is 23.1 Å². The van der Waals surface area contributed by atoms with Crippen molar-refractivity contribution in [2.75, 3.05) is 0 Å². The predicted molar refractivity (Wildman–Crippen MR) is 71.7 cm³/mol. The van der Waals surface area contributed by atoms with Crippen LogP contribution in [0.2, 0.25) is 0 Å². The second kappa shape index (κ2) is 5.67. The van der Waals surface area contributed by atoms with E-state index in [4.69, 9.17) is 16.3 Å². The third-order valence-corrected chi connectivity index (χ3v) is 2.93. The van der Waals surface area contributed by atoms with Crippen molar-refractivity contribution in [3.05, 3.63) is 57.8 Å².